The van der Waals surface area contributed by atoms with Crippen molar-refractivity contribution in [1.29, 1.82) is 0 Å². The maximum atomic E-state index is 14.9. The molecular weight excluding hydrogens is 453 g/mol. The largest absolute Gasteiger partial charge is 0.442 e. The molecule has 1 aliphatic rings. The number of urea groups is 1. The minimum Gasteiger partial charge on any atom is -0.442 e. The van der Waals surface area contributed by atoms with Gasteiger partial charge in [0, 0.05) is 37.1 Å². The molecule has 0 unspecified atom stereocenters. The summed E-state index contributed by atoms with van der Waals surface area (Å²) >= 11 is 0. The molecule has 1 aliphatic heterocycles. The first-order valence-corrected chi connectivity index (χ1v) is 11.0. The summed E-state index contributed by atoms with van der Waals surface area (Å²) in [6, 6.07) is 14.5. The van der Waals surface area contributed by atoms with E-state index in [1.807, 2.05) is 12.1 Å². The molecule has 2 heterocycles. The van der Waals surface area contributed by atoms with Crippen molar-refractivity contribution in [3.63, 3.8) is 0 Å². The Morgan fingerprint density at radius 1 is 1.09 bits per heavy atom. The third-order valence-corrected chi connectivity index (χ3v) is 5.37. The molecule has 9 nitrogen and oxygen atoms in total. The van der Waals surface area contributed by atoms with Crippen molar-refractivity contribution < 1.29 is 23.5 Å². The number of hydrogen-bond acceptors (Lipinski definition) is 5. The minimum absolute atomic E-state index is 0.195. The third-order valence-electron chi connectivity index (χ3n) is 5.37. The Balaban J connectivity index is 1.36. The second-order valence-corrected chi connectivity index (χ2v) is 7.96. The maximum Gasteiger partial charge on any atom is 0.414 e. The predicted octanol–water partition coefficient (Wildman–Crippen LogP) is 3.67. The van der Waals surface area contributed by atoms with Crippen LogP contribution in [0.5, 0.6) is 0 Å². The van der Waals surface area contributed by atoms with Gasteiger partial charge in [-0.1, -0.05) is 12.1 Å². The van der Waals surface area contributed by atoms with Crippen molar-refractivity contribution >= 4 is 29.4 Å². The highest BCUT2D eigenvalue weighted by Crippen LogP contribution is 2.29. The molecule has 1 aromatic heterocycles. The normalized spacial score (nSPS) is 14.9. The summed E-state index contributed by atoms with van der Waals surface area (Å²) in [6.45, 7) is 2.15. The molecule has 35 heavy (non-hydrogen) atoms. The number of rotatable bonds is 7. The van der Waals surface area contributed by atoms with Crippen molar-refractivity contribution in [3.8, 4) is 11.1 Å². The van der Waals surface area contributed by atoms with Crippen molar-refractivity contribution in [3.05, 3.63) is 78.4 Å². The molecule has 0 spiro atoms. The lowest BCUT2D eigenvalue weighted by Gasteiger charge is -2.15. The van der Waals surface area contributed by atoms with Crippen LogP contribution in [-0.2, 0) is 16.1 Å². The molecule has 0 bridgehead atoms. The molecular formula is C25H24FN5O4. The smallest absolute Gasteiger partial charge is 0.414 e. The number of nitrogens with one attached hydrogen (secondary N) is 3. The number of aromatic nitrogens is 1. The molecule has 4 amide bonds. The average Bonchev–Trinajstić information content (AvgIpc) is 3.23. The second kappa shape index (κ2) is 10.6. The Bertz CT molecular complexity index is 1220. The van der Waals surface area contributed by atoms with E-state index >= 15 is 0 Å². The van der Waals surface area contributed by atoms with Crippen LogP contribution in [0.1, 0.15) is 12.5 Å². The van der Waals surface area contributed by atoms with Crippen LogP contribution in [0.3, 0.4) is 0 Å². The molecule has 1 fully saturated rings. The van der Waals surface area contributed by atoms with Crippen molar-refractivity contribution in [1.82, 2.24) is 15.6 Å². The maximum absolute atomic E-state index is 14.9. The number of anilines is 2. The first-order chi connectivity index (χ1) is 16.9. The number of amides is 4. The first kappa shape index (κ1) is 23.7. The molecule has 1 saturated heterocycles. The van der Waals surface area contributed by atoms with Crippen molar-refractivity contribution in [2.75, 3.05) is 23.3 Å². The molecule has 10 heteroatoms. The first-order valence-electron chi connectivity index (χ1n) is 11.0. The second-order valence-electron chi connectivity index (χ2n) is 7.96. The van der Waals surface area contributed by atoms with Crippen LogP contribution in [0.15, 0.2) is 67.0 Å². The fourth-order valence-corrected chi connectivity index (χ4v) is 3.59. The molecule has 0 radical (unpaired) electrons. The molecule has 0 aliphatic carbocycles. The average molecular weight is 477 g/mol. The Hall–Kier alpha value is -4.47. The van der Waals surface area contributed by atoms with Gasteiger partial charge in [0.25, 0.3) is 0 Å². The van der Waals surface area contributed by atoms with E-state index in [9.17, 15) is 18.8 Å². The summed E-state index contributed by atoms with van der Waals surface area (Å²) in [5.41, 5.74) is 2.82. The summed E-state index contributed by atoms with van der Waals surface area (Å²) in [7, 11) is 0. The lowest BCUT2D eigenvalue weighted by atomic mass is 10.0. The Labute approximate surface area is 201 Å². The Kier molecular flexibility index (Phi) is 7.20. The van der Waals surface area contributed by atoms with Crippen LogP contribution >= 0.6 is 0 Å². The van der Waals surface area contributed by atoms with E-state index in [4.69, 9.17) is 4.74 Å². The number of nitrogens with zero attached hydrogens (tertiary/aromatic N) is 2. The molecule has 3 aromatic rings. The highest BCUT2D eigenvalue weighted by molar-refractivity contribution is 5.91. The Morgan fingerprint density at radius 3 is 2.51 bits per heavy atom. The zero-order valence-corrected chi connectivity index (χ0v) is 19.0. The number of halogens is 1. The number of benzene rings is 2. The molecule has 3 N–H and O–H groups in total. The van der Waals surface area contributed by atoms with E-state index in [1.54, 1.807) is 48.8 Å². The van der Waals surface area contributed by atoms with Crippen LogP contribution < -0.4 is 20.9 Å². The lowest BCUT2D eigenvalue weighted by Crippen LogP contribution is -2.33. The van der Waals surface area contributed by atoms with Crippen LogP contribution in [0.2, 0.25) is 0 Å². The van der Waals surface area contributed by atoms with Crippen LogP contribution in [0.4, 0.5) is 25.4 Å². The van der Waals surface area contributed by atoms with Gasteiger partial charge in [-0.2, -0.15) is 0 Å². The summed E-state index contributed by atoms with van der Waals surface area (Å²) in [6.07, 6.45) is 2.21. The molecule has 2 aromatic carbocycles. The molecule has 0 saturated carbocycles. The number of pyridine rings is 1. The van der Waals surface area contributed by atoms with Gasteiger partial charge in [-0.25, -0.2) is 14.0 Å². The number of ether oxygens (including phenoxy) is 1. The number of cyclic esters (lactones) is 1. The van der Waals surface area contributed by atoms with Crippen molar-refractivity contribution in [2.45, 2.75) is 19.6 Å². The van der Waals surface area contributed by atoms with Gasteiger partial charge in [0.05, 0.1) is 18.8 Å². The standard InChI is InChI=1S/C25H24FN5O4/c1-16(32)28-14-21-15-31(25(34)35-21)20-6-7-22(23(26)12-20)18-2-4-19(5-3-18)30-24(33)29-13-17-8-10-27-11-9-17/h2-12,21H,13-15H2,1H3,(H,28,32)(H2,29,30,33)/t21-/m0/s1. The van der Waals surface area contributed by atoms with E-state index < -0.39 is 18.0 Å². The quantitative estimate of drug-likeness (QED) is 0.481. The zero-order chi connectivity index (χ0) is 24.8. The fraction of sp³-hybridized carbons (Fsp3) is 0.200. The van der Waals surface area contributed by atoms with Gasteiger partial charge in [0.15, 0.2) is 0 Å². The fourth-order valence-electron chi connectivity index (χ4n) is 3.59. The van der Waals surface area contributed by atoms with E-state index in [1.165, 1.54) is 17.9 Å². The van der Waals surface area contributed by atoms with Gasteiger partial charge < -0.3 is 20.7 Å². The lowest BCUT2D eigenvalue weighted by molar-refractivity contribution is -0.119. The topological polar surface area (TPSA) is 113 Å². The van der Waals surface area contributed by atoms with E-state index in [-0.39, 0.29) is 25.0 Å². The SMILES string of the molecule is CC(=O)NC[C@H]1CN(c2ccc(-c3ccc(NC(=O)NCc4ccncc4)cc3)c(F)c2)C(=O)O1. The summed E-state index contributed by atoms with van der Waals surface area (Å²) in [5, 5.41) is 8.09. The third kappa shape index (κ3) is 6.11. The molecule has 180 valence electrons. The van der Waals surface area contributed by atoms with Gasteiger partial charge in [-0.15, -0.1) is 0 Å². The van der Waals surface area contributed by atoms with Crippen LogP contribution in [-0.4, -0.2) is 42.2 Å². The van der Waals surface area contributed by atoms with E-state index in [2.05, 4.69) is 20.9 Å². The van der Waals surface area contributed by atoms with Crippen LogP contribution in [0.25, 0.3) is 11.1 Å². The molecule has 1 atom stereocenters. The Morgan fingerprint density at radius 2 is 1.83 bits per heavy atom. The summed E-state index contributed by atoms with van der Waals surface area (Å²) < 4.78 is 20.1. The molecule has 4 rings (SSSR count). The number of carbonyl (C=O) groups excluding carboxylic acids is 3. The predicted molar refractivity (Wildman–Crippen MR) is 128 cm³/mol. The minimum atomic E-state index is -0.592. The monoisotopic (exact) mass is 477 g/mol. The van der Waals surface area contributed by atoms with Crippen LogP contribution in [0, 0.1) is 5.82 Å². The van der Waals surface area contributed by atoms with E-state index in [0.717, 1.165) is 5.56 Å². The zero-order valence-electron chi connectivity index (χ0n) is 19.0. The van der Waals surface area contributed by atoms with Gasteiger partial charge in [0.2, 0.25) is 5.91 Å². The van der Waals surface area contributed by atoms with Gasteiger partial charge in [-0.3, -0.25) is 14.7 Å². The van der Waals surface area contributed by atoms with Gasteiger partial charge in [-0.05, 0) is 53.6 Å². The number of hydrogen-bond donors (Lipinski definition) is 3. The highest BCUT2D eigenvalue weighted by atomic mass is 19.1. The summed E-state index contributed by atoms with van der Waals surface area (Å²) in [5.74, 6) is -0.724. The van der Waals surface area contributed by atoms with Gasteiger partial charge >= 0.3 is 12.1 Å². The summed E-state index contributed by atoms with van der Waals surface area (Å²) in [4.78, 5) is 40.6. The van der Waals surface area contributed by atoms with E-state index in [0.29, 0.717) is 29.0 Å². The highest BCUT2D eigenvalue weighted by Gasteiger charge is 2.32. The van der Waals surface area contributed by atoms with Gasteiger partial charge in [0.1, 0.15) is 11.9 Å². The van der Waals surface area contributed by atoms with Crippen molar-refractivity contribution in [2.24, 2.45) is 0 Å². The number of carbonyl (C=O) groups is 3.